The van der Waals surface area contributed by atoms with Gasteiger partial charge in [0, 0.05) is 24.8 Å². The second-order valence-electron chi connectivity index (χ2n) is 7.17. The molecule has 1 amide bonds. The number of anilines is 1. The molecule has 0 aromatic heterocycles. The van der Waals surface area contributed by atoms with Crippen molar-refractivity contribution >= 4 is 21.6 Å². The second kappa shape index (κ2) is 9.53. The van der Waals surface area contributed by atoms with Crippen molar-refractivity contribution in [1.29, 1.82) is 0 Å². The van der Waals surface area contributed by atoms with Crippen molar-refractivity contribution in [3.63, 3.8) is 0 Å². The maximum Gasteiger partial charge on any atom is 0.416 e. The standard InChI is InChI=1S/C23H21F3N2O4S/c1-28(15-17-5-3-4-6-21(17)23(24,25)26)22(29)16-7-13-20(14-8-16)33(30,31)27-18-9-11-19(32-2)12-10-18/h3-14,27H,15H2,1-2H3. The second-order valence-corrected chi connectivity index (χ2v) is 8.86. The Kier molecular flexibility index (Phi) is 6.97. The molecular formula is C23H21F3N2O4S. The van der Waals surface area contributed by atoms with Gasteiger partial charge in [-0.1, -0.05) is 18.2 Å². The smallest absolute Gasteiger partial charge is 0.416 e. The maximum absolute atomic E-state index is 13.2. The number of alkyl halides is 3. The summed E-state index contributed by atoms with van der Waals surface area (Å²) in [5, 5.41) is 0. The minimum absolute atomic E-state index is 0.0382. The van der Waals surface area contributed by atoms with E-state index < -0.39 is 27.7 Å². The van der Waals surface area contributed by atoms with Crippen LogP contribution in [0, 0.1) is 0 Å². The first-order valence-electron chi connectivity index (χ1n) is 9.69. The minimum atomic E-state index is -4.53. The summed E-state index contributed by atoms with van der Waals surface area (Å²) in [6.07, 6.45) is -4.53. The molecule has 0 bridgehead atoms. The monoisotopic (exact) mass is 478 g/mol. The fraction of sp³-hybridized carbons (Fsp3) is 0.174. The summed E-state index contributed by atoms with van der Waals surface area (Å²) in [6, 6.07) is 16.5. The summed E-state index contributed by atoms with van der Waals surface area (Å²) in [4.78, 5) is 13.8. The molecule has 0 atom stereocenters. The van der Waals surface area contributed by atoms with Crippen LogP contribution in [0.25, 0.3) is 0 Å². The number of sulfonamides is 1. The van der Waals surface area contributed by atoms with E-state index in [2.05, 4.69) is 4.72 Å². The van der Waals surface area contributed by atoms with E-state index in [1.54, 1.807) is 24.3 Å². The van der Waals surface area contributed by atoms with E-state index in [1.165, 1.54) is 56.6 Å². The van der Waals surface area contributed by atoms with Crippen molar-refractivity contribution in [3.8, 4) is 5.75 Å². The van der Waals surface area contributed by atoms with E-state index in [4.69, 9.17) is 4.74 Å². The highest BCUT2D eigenvalue weighted by atomic mass is 32.2. The number of ether oxygens (including phenoxy) is 1. The Balaban J connectivity index is 1.73. The van der Waals surface area contributed by atoms with Crippen LogP contribution in [-0.4, -0.2) is 33.4 Å². The van der Waals surface area contributed by atoms with Gasteiger partial charge in [-0.3, -0.25) is 9.52 Å². The first kappa shape index (κ1) is 24.1. The third kappa shape index (κ3) is 5.83. The Morgan fingerprint density at radius 1 is 0.970 bits per heavy atom. The van der Waals surface area contributed by atoms with E-state index >= 15 is 0 Å². The first-order valence-corrected chi connectivity index (χ1v) is 11.2. The largest absolute Gasteiger partial charge is 0.497 e. The molecule has 0 saturated carbocycles. The quantitative estimate of drug-likeness (QED) is 0.530. The fourth-order valence-corrected chi connectivity index (χ4v) is 4.19. The average Bonchev–Trinajstić information content (AvgIpc) is 2.78. The lowest BCUT2D eigenvalue weighted by atomic mass is 10.1. The van der Waals surface area contributed by atoms with Crippen LogP contribution in [0.1, 0.15) is 21.5 Å². The van der Waals surface area contributed by atoms with Crippen LogP contribution in [0.3, 0.4) is 0 Å². The molecule has 6 nitrogen and oxygen atoms in total. The first-order chi connectivity index (χ1) is 15.5. The van der Waals surface area contributed by atoms with Gasteiger partial charge in [0.05, 0.1) is 17.6 Å². The SMILES string of the molecule is COc1ccc(NS(=O)(=O)c2ccc(C(=O)N(C)Cc3ccccc3C(F)(F)F)cc2)cc1. The molecule has 0 aliphatic carbocycles. The number of methoxy groups -OCH3 is 1. The van der Waals surface area contributed by atoms with Crippen LogP contribution in [0.4, 0.5) is 18.9 Å². The number of hydrogen-bond acceptors (Lipinski definition) is 4. The molecule has 0 aliphatic rings. The molecule has 0 aliphatic heterocycles. The molecule has 3 aromatic rings. The summed E-state index contributed by atoms with van der Waals surface area (Å²) in [5.74, 6) is 0.0295. The Morgan fingerprint density at radius 2 is 1.58 bits per heavy atom. The van der Waals surface area contributed by atoms with Crippen molar-refractivity contribution in [3.05, 3.63) is 89.5 Å². The molecule has 0 heterocycles. The molecule has 174 valence electrons. The van der Waals surface area contributed by atoms with Gasteiger partial charge in [-0.05, 0) is 60.2 Å². The minimum Gasteiger partial charge on any atom is -0.497 e. The van der Waals surface area contributed by atoms with Gasteiger partial charge in [0.2, 0.25) is 0 Å². The van der Waals surface area contributed by atoms with Crippen molar-refractivity contribution in [1.82, 2.24) is 4.90 Å². The Morgan fingerprint density at radius 3 is 2.15 bits per heavy atom. The zero-order valence-corrected chi connectivity index (χ0v) is 18.6. The van der Waals surface area contributed by atoms with Crippen LogP contribution in [0.15, 0.2) is 77.7 Å². The van der Waals surface area contributed by atoms with Crippen LogP contribution in [0.5, 0.6) is 5.75 Å². The predicted octanol–water partition coefficient (Wildman–Crippen LogP) is 4.79. The molecule has 0 fully saturated rings. The summed E-state index contributed by atoms with van der Waals surface area (Å²) in [5.41, 5.74) is -0.371. The van der Waals surface area contributed by atoms with E-state index in [1.807, 2.05) is 0 Å². The lowest BCUT2D eigenvalue weighted by Gasteiger charge is -2.20. The van der Waals surface area contributed by atoms with Crippen LogP contribution in [-0.2, 0) is 22.7 Å². The van der Waals surface area contributed by atoms with E-state index in [9.17, 15) is 26.4 Å². The number of nitrogens with zero attached hydrogens (tertiary/aromatic N) is 1. The molecule has 0 radical (unpaired) electrons. The van der Waals surface area contributed by atoms with Crippen molar-refractivity contribution < 1.29 is 31.1 Å². The van der Waals surface area contributed by atoms with Gasteiger partial charge < -0.3 is 9.64 Å². The number of nitrogens with one attached hydrogen (secondary N) is 1. The highest BCUT2D eigenvalue weighted by Gasteiger charge is 2.33. The third-order valence-corrected chi connectivity index (χ3v) is 6.23. The highest BCUT2D eigenvalue weighted by Crippen LogP contribution is 2.32. The van der Waals surface area contributed by atoms with Gasteiger partial charge in [-0.15, -0.1) is 0 Å². The number of carbonyl (C=O) groups excluding carboxylic acids is 1. The zero-order chi connectivity index (χ0) is 24.2. The van der Waals surface area contributed by atoms with Gasteiger partial charge in [-0.25, -0.2) is 8.42 Å². The van der Waals surface area contributed by atoms with Crippen molar-refractivity contribution in [2.24, 2.45) is 0 Å². The predicted molar refractivity (Wildman–Crippen MR) is 117 cm³/mol. The third-order valence-electron chi connectivity index (χ3n) is 4.83. The molecule has 0 unspecified atom stereocenters. The molecule has 3 aromatic carbocycles. The molecule has 10 heteroatoms. The highest BCUT2D eigenvalue weighted by molar-refractivity contribution is 7.92. The molecular weight excluding hydrogens is 457 g/mol. The molecule has 33 heavy (non-hydrogen) atoms. The number of benzene rings is 3. The maximum atomic E-state index is 13.2. The molecule has 0 spiro atoms. The number of hydrogen-bond donors (Lipinski definition) is 1. The van der Waals surface area contributed by atoms with Crippen LogP contribution in [0.2, 0.25) is 0 Å². The molecule has 0 saturated heterocycles. The Bertz CT molecular complexity index is 1230. The fourth-order valence-electron chi connectivity index (χ4n) is 3.13. The topological polar surface area (TPSA) is 75.7 Å². The van der Waals surface area contributed by atoms with Crippen LogP contribution >= 0.6 is 0 Å². The number of amides is 1. The molecule has 3 rings (SSSR count). The zero-order valence-electron chi connectivity index (χ0n) is 17.8. The summed E-state index contributed by atoms with van der Waals surface area (Å²) in [6.45, 7) is -0.256. The van der Waals surface area contributed by atoms with E-state index in [0.29, 0.717) is 11.4 Å². The van der Waals surface area contributed by atoms with E-state index in [-0.39, 0.29) is 22.6 Å². The molecule has 1 N–H and O–H groups in total. The number of carbonyl (C=O) groups is 1. The summed E-state index contributed by atoms with van der Waals surface area (Å²) < 4.78 is 72.3. The van der Waals surface area contributed by atoms with E-state index in [0.717, 1.165) is 11.0 Å². The van der Waals surface area contributed by atoms with Gasteiger partial charge in [-0.2, -0.15) is 13.2 Å². The van der Waals surface area contributed by atoms with Gasteiger partial charge in [0.15, 0.2) is 0 Å². The van der Waals surface area contributed by atoms with Gasteiger partial charge in [0.1, 0.15) is 5.75 Å². The van der Waals surface area contributed by atoms with Gasteiger partial charge in [0.25, 0.3) is 15.9 Å². The Labute approximate surface area is 189 Å². The summed E-state index contributed by atoms with van der Waals surface area (Å²) in [7, 11) is -1.03. The van der Waals surface area contributed by atoms with Crippen LogP contribution < -0.4 is 9.46 Å². The lowest BCUT2D eigenvalue weighted by molar-refractivity contribution is -0.138. The van der Waals surface area contributed by atoms with Gasteiger partial charge >= 0.3 is 6.18 Å². The normalized spacial score (nSPS) is 11.7. The van der Waals surface area contributed by atoms with Crippen molar-refractivity contribution in [2.75, 3.05) is 18.9 Å². The summed E-state index contributed by atoms with van der Waals surface area (Å²) >= 11 is 0. The lowest BCUT2D eigenvalue weighted by Crippen LogP contribution is -2.27. The number of halogens is 3. The average molecular weight is 478 g/mol. The van der Waals surface area contributed by atoms with Crippen molar-refractivity contribution in [2.45, 2.75) is 17.6 Å². The number of rotatable bonds is 7. The Hall–Kier alpha value is -3.53.